The Bertz CT molecular complexity index is 1430. The van der Waals surface area contributed by atoms with E-state index in [0.717, 1.165) is 27.6 Å². The first-order valence-electron chi connectivity index (χ1n) is 10.3. The van der Waals surface area contributed by atoms with E-state index in [0.29, 0.717) is 12.2 Å². The molecule has 0 atom stereocenters. The zero-order chi connectivity index (χ0) is 23.0. The minimum atomic E-state index is -3.93. The van der Waals surface area contributed by atoms with Crippen LogP contribution in [-0.4, -0.2) is 29.5 Å². The number of Topliss-reactive ketones (excluding diaryl/α,β-unsaturated/α-hetero) is 1. The highest BCUT2D eigenvalue weighted by molar-refractivity contribution is 7.92. The van der Waals surface area contributed by atoms with Gasteiger partial charge in [-0.25, -0.2) is 13.4 Å². The number of aryl methyl sites for hydroxylation is 3. The van der Waals surface area contributed by atoms with Crippen LogP contribution in [0, 0.1) is 20.8 Å². The average Bonchev–Trinajstić information content (AvgIpc) is 3.09. The lowest BCUT2D eigenvalue weighted by Crippen LogP contribution is -2.21. The monoisotopic (exact) mass is 447 g/mol. The van der Waals surface area contributed by atoms with Crippen molar-refractivity contribution in [1.29, 1.82) is 0 Å². The fourth-order valence-electron chi connectivity index (χ4n) is 4.14. The van der Waals surface area contributed by atoms with Gasteiger partial charge in [-0.15, -0.1) is 0 Å². The van der Waals surface area contributed by atoms with Crippen LogP contribution in [0.2, 0.25) is 0 Å². The van der Waals surface area contributed by atoms with Crippen molar-refractivity contribution >= 4 is 32.2 Å². The molecule has 0 aliphatic carbocycles. The number of aromatic nitrogens is 2. The van der Waals surface area contributed by atoms with Gasteiger partial charge in [-0.3, -0.25) is 4.79 Å². The highest BCUT2D eigenvalue weighted by Crippen LogP contribution is 2.25. The summed E-state index contributed by atoms with van der Waals surface area (Å²) < 4.78 is 27.6. The average molecular weight is 448 g/mol. The number of fused-ring (bicyclic) bond motifs is 1. The summed E-state index contributed by atoms with van der Waals surface area (Å²) in [5.74, 6) is -1.15. The number of carbonyl (C=O) groups excluding carboxylic acids is 1. The second kappa shape index (κ2) is 8.24. The van der Waals surface area contributed by atoms with Gasteiger partial charge in [0, 0.05) is 29.3 Å². The summed E-state index contributed by atoms with van der Waals surface area (Å²) in [6, 6.07) is 16.5. The number of rotatable bonds is 6. The van der Waals surface area contributed by atoms with Gasteiger partial charge in [0.2, 0.25) is 9.84 Å². The number of anilines is 1. The number of sulfone groups is 1. The van der Waals surface area contributed by atoms with Crippen LogP contribution in [0.3, 0.4) is 0 Å². The fourth-order valence-corrected chi connectivity index (χ4v) is 5.32. The Morgan fingerprint density at radius 2 is 1.69 bits per heavy atom. The molecule has 0 saturated carbocycles. The van der Waals surface area contributed by atoms with Gasteiger partial charge in [0.15, 0.2) is 10.8 Å². The van der Waals surface area contributed by atoms with Gasteiger partial charge >= 0.3 is 0 Å². The number of hydrogen-bond donors (Lipinski definition) is 1. The predicted octanol–water partition coefficient (Wildman–Crippen LogP) is 4.25. The van der Waals surface area contributed by atoms with E-state index in [4.69, 9.17) is 5.73 Å². The second-order valence-corrected chi connectivity index (χ2v) is 10.1. The minimum absolute atomic E-state index is 0.196. The molecule has 6 nitrogen and oxygen atoms in total. The Morgan fingerprint density at radius 1 is 1.00 bits per heavy atom. The van der Waals surface area contributed by atoms with Gasteiger partial charge in [0.25, 0.3) is 0 Å². The first-order chi connectivity index (χ1) is 15.2. The number of nitrogens with zero attached hydrogens (tertiary/aromatic N) is 2. The van der Waals surface area contributed by atoms with Gasteiger partial charge in [-0.2, -0.15) is 0 Å². The van der Waals surface area contributed by atoms with Crippen molar-refractivity contribution in [1.82, 2.24) is 9.55 Å². The van der Waals surface area contributed by atoms with Crippen LogP contribution in [0.1, 0.15) is 32.7 Å². The van der Waals surface area contributed by atoms with E-state index in [1.54, 1.807) is 6.07 Å². The van der Waals surface area contributed by atoms with Gasteiger partial charge < -0.3 is 10.3 Å². The summed E-state index contributed by atoms with van der Waals surface area (Å²) in [5, 5.41) is 0.691. The Labute approximate surface area is 187 Å². The summed E-state index contributed by atoms with van der Waals surface area (Å²) in [4.78, 5) is 17.2. The van der Waals surface area contributed by atoms with E-state index in [2.05, 4.69) is 37.9 Å². The largest absolute Gasteiger partial charge is 0.399 e. The Balaban J connectivity index is 1.77. The van der Waals surface area contributed by atoms with E-state index in [1.807, 2.05) is 28.8 Å². The third-order valence-electron chi connectivity index (χ3n) is 5.65. The van der Waals surface area contributed by atoms with E-state index in [-0.39, 0.29) is 10.7 Å². The quantitative estimate of drug-likeness (QED) is 0.446. The molecule has 7 heteroatoms. The molecule has 4 rings (SSSR count). The van der Waals surface area contributed by atoms with Gasteiger partial charge in [-0.05, 0) is 61.7 Å². The predicted molar refractivity (Wildman–Crippen MR) is 127 cm³/mol. The van der Waals surface area contributed by atoms with E-state index >= 15 is 0 Å². The number of pyridine rings is 1. The van der Waals surface area contributed by atoms with Crippen LogP contribution < -0.4 is 5.73 Å². The highest BCUT2D eigenvalue weighted by Gasteiger charge is 2.25. The SMILES string of the molecule is Cc1cc(C)c(Cn2c(C(=O)CS(=O)(=O)c3cc(N)ccn3)cc3ccccc32)c(C)c1. The molecule has 164 valence electrons. The van der Waals surface area contributed by atoms with Gasteiger partial charge in [0.05, 0.1) is 5.69 Å². The van der Waals surface area contributed by atoms with Crippen LogP contribution in [0.4, 0.5) is 5.69 Å². The molecule has 0 saturated heterocycles. The van der Waals surface area contributed by atoms with Crippen molar-refractivity contribution in [2.24, 2.45) is 0 Å². The van der Waals surface area contributed by atoms with Crippen LogP contribution in [0.25, 0.3) is 10.9 Å². The molecule has 0 aliphatic rings. The lowest BCUT2D eigenvalue weighted by Gasteiger charge is -2.16. The molecule has 32 heavy (non-hydrogen) atoms. The summed E-state index contributed by atoms with van der Waals surface area (Å²) in [6.07, 6.45) is 1.33. The highest BCUT2D eigenvalue weighted by atomic mass is 32.2. The number of hydrogen-bond acceptors (Lipinski definition) is 5. The molecule has 0 bridgehead atoms. The maximum atomic E-state index is 13.3. The Morgan fingerprint density at radius 3 is 2.38 bits per heavy atom. The molecule has 0 fully saturated rings. The van der Waals surface area contributed by atoms with Gasteiger partial charge in [-0.1, -0.05) is 35.9 Å². The molecule has 0 unspecified atom stereocenters. The lowest BCUT2D eigenvalue weighted by molar-refractivity contribution is 0.101. The number of para-hydroxylation sites is 1. The smallest absolute Gasteiger partial charge is 0.203 e. The molecule has 2 aromatic heterocycles. The molecular weight excluding hydrogens is 422 g/mol. The molecule has 2 heterocycles. The summed E-state index contributed by atoms with van der Waals surface area (Å²) in [5.41, 5.74) is 11.8. The molecule has 4 aromatic rings. The summed E-state index contributed by atoms with van der Waals surface area (Å²) in [6.45, 7) is 6.64. The molecule has 2 N–H and O–H groups in total. The maximum absolute atomic E-state index is 13.3. The van der Waals surface area contributed by atoms with Crippen LogP contribution >= 0.6 is 0 Å². The summed E-state index contributed by atoms with van der Waals surface area (Å²) in [7, 11) is -3.93. The van der Waals surface area contributed by atoms with Crippen molar-refractivity contribution in [3.05, 3.63) is 88.7 Å². The first kappa shape index (κ1) is 21.8. The molecule has 2 aromatic carbocycles. The van der Waals surface area contributed by atoms with Gasteiger partial charge in [0.1, 0.15) is 5.75 Å². The van der Waals surface area contributed by atoms with Crippen molar-refractivity contribution < 1.29 is 13.2 Å². The van der Waals surface area contributed by atoms with Crippen molar-refractivity contribution in [3.63, 3.8) is 0 Å². The number of nitrogens with two attached hydrogens (primary N) is 1. The number of ketones is 1. The van der Waals surface area contributed by atoms with Crippen molar-refractivity contribution in [2.75, 3.05) is 11.5 Å². The maximum Gasteiger partial charge on any atom is 0.203 e. The molecule has 0 spiro atoms. The standard InChI is InChI=1S/C25H25N3O3S/c1-16-10-17(2)21(18(3)11-16)14-28-22-7-5-4-6-19(22)12-23(28)24(29)15-32(30,31)25-13-20(26)8-9-27-25/h4-13H,14-15H2,1-3H3,(H2,26,27). The topological polar surface area (TPSA) is 95.0 Å². The third-order valence-corrected chi connectivity index (χ3v) is 7.15. The van der Waals surface area contributed by atoms with E-state index in [1.165, 1.54) is 23.9 Å². The summed E-state index contributed by atoms with van der Waals surface area (Å²) >= 11 is 0. The molecule has 0 radical (unpaired) electrons. The third kappa shape index (κ3) is 4.16. The number of carbonyl (C=O) groups is 1. The Hall–Kier alpha value is -3.45. The van der Waals surface area contributed by atoms with E-state index in [9.17, 15) is 13.2 Å². The molecular formula is C25H25N3O3S. The van der Waals surface area contributed by atoms with Crippen molar-refractivity contribution in [3.8, 4) is 0 Å². The van der Waals surface area contributed by atoms with Crippen molar-refractivity contribution in [2.45, 2.75) is 32.3 Å². The zero-order valence-corrected chi connectivity index (χ0v) is 19.1. The van der Waals surface area contributed by atoms with Crippen LogP contribution in [0.15, 0.2) is 65.8 Å². The fraction of sp³-hybridized carbons (Fsp3) is 0.200. The molecule has 0 aliphatic heterocycles. The lowest BCUT2D eigenvalue weighted by atomic mass is 9.99. The minimum Gasteiger partial charge on any atom is -0.399 e. The second-order valence-electron chi connectivity index (χ2n) is 8.16. The Kier molecular flexibility index (Phi) is 5.60. The molecule has 0 amide bonds. The van der Waals surface area contributed by atoms with E-state index < -0.39 is 21.4 Å². The first-order valence-corrected chi connectivity index (χ1v) is 11.9. The zero-order valence-electron chi connectivity index (χ0n) is 18.3. The normalized spacial score (nSPS) is 11.7. The number of benzene rings is 2. The number of nitrogen functional groups attached to an aromatic ring is 1. The van der Waals surface area contributed by atoms with Crippen LogP contribution in [-0.2, 0) is 16.4 Å². The van der Waals surface area contributed by atoms with Crippen LogP contribution in [0.5, 0.6) is 0 Å².